The Balaban J connectivity index is 2.54. The molecule has 0 saturated carbocycles. The molecule has 1 aliphatic rings. The summed E-state index contributed by atoms with van der Waals surface area (Å²) in [6.07, 6.45) is 0. The molecule has 0 spiro atoms. The van der Waals surface area contributed by atoms with Crippen molar-refractivity contribution in [2.75, 3.05) is 6.61 Å². The van der Waals surface area contributed by atoms with E-state index in [1.807, 2.05) is 0 Å². The first-order valence-corrected chi connectivity index (χ1v) is 2.83. The minimum absolute atomic E-state index is 0.113. The maximum absolute atomic E-state index is 5.63. The molecule has 1 saturated heterocycles. The largest absolute Gasteiger partial charge is 0.287 e. The smallest absolute Gasteiger partial charge is 0.245 e. The van der Waals surface area contributed by atoms with Gasteiger partial charge in [0.15, 0.2) is 6.04 Å². The molecule has 46 valence electrons. The molecular weight excluding hydrogens is 102 g/mol. The molecule has 1 aliphatic heterocycles. The highest BCUT2D eigenvalue weighted by molar-refractivity contribution is 4.92. The van der Waals surface area contributed by atoms with Gasteiger partial charge in [-0.2, -0.15) is 4.74 Å². The van der Waals surface area contributed by atoms with E-state index < -0.39 is 0 Å². The third kappa shape index (κ3) is 0.812. The summed E-state index contributed by atoms with van der Waals surface area (Å²) in [4.78, 5) is 0. The summed E-state index contributed by atoms with van der Waals surface area (Å²) < 4.78 is 5.02. The van der Waals surface area contributed by atoms with Crippen LogP contribution < -0.4 is 5.73 Å². The van der Waals surface area contributed by atoms with Gasteiger partial charge in [-0.3, -0.25) is 5.73 Å². The summed E-state index contributed by atoms with van der Waals surface area (Å²) in [5.41, 5.74) is 5.78. The molecule has 1 fully saturated rings. The molecule has 2 heteroatoms. The molecule has 2 N–H and O–H groups in total. The first-order valence-electron chi connectivity index (χ1n) is 2.83. The van der Waals surface area contributed by atoms with E-state index in [2.05, 4.69) is 13.8 Å². The van der Waals surface area contributed by atoms with Crippen LogP contribution in [0.4, 0.5) is 0 Å². The van der Waals surface area contributed by atoms with Crippen LogP contribution in [0.3, 0.4) is 0 Å². The van der Waals surface area contributed by atoms with E-state index in [0.717, 1.165) is 6.61 Å². The molecule has 0 aromatic carbocycles. The predicted octanol–water partition coefficient (Wildman–Crippen LogP) is 0.532. The van der Waals surface area contributed by atoms with Crippen LogP contribution in [-0.4, -0.2) is 12.6 Å². The van der Waals surface area contributed by atoms with Gasteiger partial charge in [0.25, 0.3) is 0 Å². The lowest BCUT2D eigenvalue weighted by Crippen LogP contribution is -2.33. The Labute approximate surface area is 50.0 Å². The van der Waals surface area contributed by atoms with Crippen molar-refractivity contribution < 1.29 is 4.74 Å². The van der Waals surface area contributed by atoms with Crippen molar-refractivity contribution in [1.82, 2.24) is 0 Å². The molecular formula is C6H12NO+. The second-order valence-electron chi connectivity index (χ2n) is 2.96. The van der Waals surface area contributed by atoms with E-state index >= 15 is 0 Å². The Morgan fingerprint density at radius 3 is 2.50 bits per heavy atom. The minimum Gasteiger partial charge on any atom is -0.287 e. The fourth-order valence-corrected chi connectivity index (χ4v) is 0.647. The van der Waals surface area contributed by atoms with E-state index in [0.29, 0.717) is 0 Å². The molecule has 0 aromatic rings. The molecule has 0 aliphatic carbocycles. The molecule has 1 heterocycles. The molecule has 0 aromatic heterocycles. The Hall–Kier alpha value is -0.210. The topological polar surface area (TPSA) is 35.2 Å². The zero-order valence-electron chi connectivity index (χ0n) is 5.35. The normalized spacial score (nSPS) is 34.6. The number of ether oxygens (including phenoxy) is 1. The lowest BCUT2D eigenvalue weighted by molar-refractivity contribution is 0.200. The fourth-order valence-electron chi connectivity index (χ4n) is 0.647. The summed E-state index contributed by atoms with van der Waals surface area (Å²) in [7, 11) is 0. The lowest BCUT2D eigenvalue weighted by Gasteiger charge is -2.12. The first kappa shape index (κ1) is 5.92. The zero-order valence-corrected chi connectivity index (χ0v) is 5.35. The quantitative estimate of drug-likeness (QED) is 0.466. The van der Waals surface area contributed by atoms with Crippen molar-refractivity contribution in [3.63, 3.8) is 0 Å². The molecule has 2 nitrogen and oxygen atoms in total. The van der Waals surface area contributed by atoms with Gasteiger partial charge in [0, 0.05) is 0 Å². The summed E-state index contributed by atoms with van der Waals surface area (Å²) in [5.74, 6) is 0. The molecule has 1 rings (SSSR count). The van der Waals surface area contributed by atoms with E-state index in [9.17, 15) is 0 Å². The summed E-state index contributed by atoms with van der Waals surface area (Å²) >= 11 is 0. The van der Waals surface area contributed by atoms with Crippen molar-refractivity contribution >= 4 is 0 Å². The van der Waals surface area contributed by atoms with Gasteiger partial charge in [-0.05, 0) is 0 Å². The van der Waals surface area contributed by atoms with Gasteiger partial charge in [0.05, 0.1) is 5.41 Å². The van der Waals surface area contributed by atoms with Crippen LogP contribution in [0.5, 0.6) is 0 Å². The van der Waals surface area contributed by atoms with Crippen molar-refractivity contribution in [2.24, 2.45) is 11.1 Å². The van der Waals surface area contributed by atoms with Crippen LogP contribution in [0.15, 0.2) is 0 Å². The summed E-state index contributed by atoms with van der Waals surface area (Å²) in [6.45, 7) is 6.66. The number of hydrogen-bond donors (Lipinski definition) is 1. The maximum atomic E-state index is 5.63. The highest BCUT2D eigenvalue weighted by Crippen LogP contribution is 2.27. The van der Waals surface area contributed by atoms with Crippen LogP contribution in [0.1, 0.15) is 13.8 Å². The van der Waals surface area contributed by atoms with Gasteiger partial charge in [0.1, 0.15) is 6.61 Å². The van der Waals surface area contributed by atoms with Gasteiger partial charge in [-0.15, -0.1) is 0 Å². The molecule has 0 amide bonds. The average molecular weight is 114 g/mol. The third-order valence-corrected chi connectivity index (χ3v) is 1.60. The van der Waals surface area contributed by atoms with Crippen LogP contribution in [-0.2, 0) is 4.74 Å². The van der Waals surface area contributed by atoms with Gasteiger partial charge in [0.2, 0.25) is 6.61 Å². The summed E-state index contributed by atoms with van der Waals surface area (Å²) in [6, 6.07) is 0.113. The standard InChI is InChI=1S/C6H12NO/c1-6(2)4-8-3-5(6)7/h3,5H,4,7H2,1-2H3/q+1/t5-/m1/s1. The summed E-state index contributed by atoms with van der Waals surface area (Å²) in [5, 5.41) is 0. The molecule has 1 atom stereocenters. The van der Waals surface area contributed by atoms with Crippen LogP contribution in [0.25, 0.3) is 0 Å². The van der Waals surface area contributed by atoms with E-state index in [1.165, 1.54) is 0 Å². The number of nitrogens with two attached hydrogens (primary N) is 1. The van der Waals surface area contributed by atoms with Gasteiger partial charge < -0.3 is 0 Å². The number of rotatable bonds is 0. The van der Waals surface area contributed by atoms with Crippen LogP contribution in [0.2, 0.25) is 0 Å². The van der Waals surface area contributed by atoms with Crippen LogP contribution in [0, 0.1) is 12.0 Å². The molecule has 8 heavy (non-hydrogen) atoms. The third-order valence-electron chi connectivity index (χ3n) is 1.60. The highest BCUT2D eigenvalue weighted by atomic mass is 16.5. The second kappa shape index (κ2) is 1.64. The van der Waals surface area contributed by atoms with Crippen molar-refractivity contribution in [3.8, 4) is 0 Å². The molecule has 0 radical (unpaired) electrons. The van der Waals surface area contributed by atoms with Crippen LogP contribution >= 0.6 is 0 Å². The SMILES string of the molecule is CC1(C)CO[CH+][C@H]1N. The van der Waals surface area contributed by atoms with Gasteiger partial charge in [-0.1, -0.05) is 13.8 Å². The van der Waals surface area contributed by atoms with E-state index in [-0.39, 0.29) is 11.5 Å². The van der Waals surface area contributed by atoms with Crippen molar-refractivity contribution in [3.05, 3.63) is 6.61 Å². The first-order chi connectivity index (χ1) is 3.63. The maximum Gasteiger partial charge on any atom is 0.245 e. The molecule has 0 bridgehead atoms. The highest BCUT2D eigenvalue weighted by Gasteiger charge is 2.41. The second-order valence-corrected chi connectivity index (χ2v) is 2.96. The monoisotopic (exact) mass is 114 g/mol. The van der Waals surface area contributed by atoms with E-state index in [4.69, 9.17) is 10.5 Å². The Morgan fingerprint density at radius 1 is 1.75 bits per heavy atom. The fraction of sp³-hybridized carbons (Fsp3) is 0.833. The minimum atomic E-state index is 0.113. The Morgan fingerprint density at radius 2 is 2.38 bits per heavy atom. The lowest BCUT2D eigenvalue weighted by atomic mass is 9.89. The zero-order chi connectivity index (χ0) is 6.20. The van der Waals surface area contributed by atoms with Crippen molar-refractivity contribution in [2.45, 2.75) is 19.9 Å². The van der Waals surface area contributed by atoms with Gasteiger partial charge >= 0.3 is 0 Å². The molecule has 0 unspecified atom stereocenters. The van der Waals surface area contributed by atoms with Crippen molar-refractivity contribution in [1.29, 1.82) is 0 Å². The predicted molar refractivity (Wildman–Crippen MR) is 32.0 cm³/mol. The Kier molecular flexibility index (Phi) is 1.21. The average Bonchev–Trinajstić information content (AvgIpc) is 1.86. The Bertz CT molecular complexity index is 90.5. The van der Waals surface area contributed by atoms with Gasteiger partial charge in [-0.25, -0.2) is 0 Å². The number of hydrogen-bond acceptors (Lipinski definition) is 2. The van der Waals surface area contributed by atoms with E-state index in [1.54, 1.807) is 6.61 Å².